The van der Waals surface area contributed by atoms with Crippen LogP contribution in [0.1, 0.15) is 22.2 Å². The highest BCUT2D eigenvalue weighted by Gasteiger charge is 2.26. The third-order valence-electron chi connectivity index (χ3n) is 2.70. The monoisotopic (exact) mass is 246 g/mol. The van der Waals surface area contributed by atoms with E-state index < -0.39 is 5.97 Å². The van der Waals surface area contributed by atoms with Gasteiger partial charge in [-0.2, -0.15) is 0 Å². The largest absolute Gasteiger partial charge is 0.478 e. The van der Waals surface area contributed by atoms with Crippen LogP contribution in [0.25, 0.3) is 0 Å². The van der Waals surface area contributed by atoms with Gasteiger partial charge in [0.2, 0.25) is 11.6 Å². The first kappa shape index (κ1) is 10.6. The minimum Gasteiger partial charge on any atom is -0.478 e. The molecule has 6 nitrogen and oxygen atoms in total. The van der Waals surface area contributed by atoms with Crippen LogP contribution in [-0.4, -0.2) is 22.6 Å². The number of carbonyl (C=O) groups is 1. The first-order valence-corrected chi connectivity index (χ1v) is 5.41. The number of fused-ring (bicyclic) bond motifs is 1. The molecule has 0 saturated carbocycles. The van der Waals surface area contributed by atoms with Crippen LogP contribution in [0.2, 0.25) is 0 Å². The molecule has 2 N–H and O–H groups in total. The van der Waals surface area contributed by atoms with Crippen molar-refractivity contribution in [3.05, 3.63) is 41.9 Å². The summed E-state index contributed by atoms with van der Waals surface area (Å²) < 4.78 is 10.8. The molecule has 1 aliphatic rings. The van der Waals surface area contributed by atoms with E-state index >= 15 is 0 Å². The van der Waals surface area contributed by atoms with Crippen molar-refractivity contribution in [1.29, 1.82) is 0 Å². The van der Waals surface area contributed by atoms with Crippen molar-refractivity contribution in [2.45, 2.75) is 6.10 Å². The zero-order chi connectivity index (χ0) is 12.5. The van der Waals surface area contributed by atoms with E-state index in [-0.39, 0.29) is 11.9 Å². The molecule has 0 fully saturated rings. The van der Waals surface area contributed by atoms with Crippen molar-refractivity contribution in [3.8, 4) is 5.75 Å². The van der Waals surface area contributed by atoms with Crippen LogP contribution in [0, 0.1) is 0 Å². The van der Waals surface area contributed by atoms with E-state index in [1.165, 1.54) is 6.07 Å². The number of aromatic carboxylic acids is 1. The highest BCUT2D eigenvalue weighted by molar-refractivity contribution is 5.86. The Balaban J connectivity index is 1.87. The molecule has 0 aliphatic carbocycles. The van der Waals surface area contributed by atoms with E-state index in [4.69, 9.17) is 14.3 Å². The van der Waals surface area contributed by atoms with Gasteiger partial charge in [-0.1, -0.05) is 0 Å². The fourth-order valence-electron chi connectivity index (χ4n) is 1.83. The number of nitrogens with one attached hydrogen (secondary N) is 1. The van der Waals surface area contributed by atoms with Gasteiger partial charge in [-0.25, -0.2) is 4.79 Å². The van der Waals surface area contributed by atoms with Crippen molar-refractivity contribution in [3.63, 3.8) is 0 Å². The third kappa shape index (κ3) is 1.77. The molecule has 92 valence electrons. The number of furan rings is 1. The van der Waals surface area contributed by atoms with Crippen molar-refractivity contribution < 1.29 is 19.1 Å². The maximum Gasteiger partial charge on any atom is 0.372 e. The summed E-state index contributed by atoms with van der Waals surface area (Å²) in [4.78, 5) is 14.7. The standard InChI is InChI=1S/C12H10N2O4/c15-12(16)9-5-8-11(18-9)14-6-10(17-8)7-1-3-13-4-2-7/h1-5,10,14H,6H2,(H,15,16). The number of rotatable bonds is 2. The van der Waals surface area contributed by atoms with E-state index in [9.17, 15) is 4.79 Å². The maximum absolute atomic E-state index is 10.8. The summed E-state index contributed by atoms with van der Waals surface area (Å²) in [5, 5.41) is 11.8. The molecule has 6 heteroatoms. The number of hydrogen-bond acceptors (Lipinski definition) is 5. The summed E-state index contributed by atoms with van der Waals surface area (Å²) in [6.07, 6.45) is 3.19. The van der Waals surface area contributed by atoms with Crippen LogP contribution in [0.15, 0.2) is 35.0 Å². The molecule has 0 amide bonds. The summed E-state index contributed by atoms with van der Waals surface area (Å²) in [7, 11) is 0. The second kappa shape index (κ2) is 4.06. The molecular formula is C12H10N2O4. The molecular weight excluding hydrogens is 236 g/mol. The molecule has 3 rings (SSSR count). The average Bonchev–Trinajstić information content (AvgIpc) is 2.82. The number of anilines is 1. The molecule has 0 radical (unpaired) electrons. The average molecular weight is 246 g/mol. The van der Waals surface area contributed by atoms with Crippen molar-refractivity contribution in [2.75, 3.05) is 11.9 Å². The first-order chi connectivity index (χ1) is 8.74. The highest BCUT2D eigenvalue weighted by atomic mass is 16.5. The lowest BCUT2D eigenvalue weighted by atomic mass is 10.1. The number of carboxylic acid groups (broad SMARTS) is 1. The summed E-state index contributed by atoms with van der Waals surface area (Å²) >= 11 is 0. The number of nitrogens with zero attached hydrogens (tertiary/aromatic N) is 1. The lowest BCUT2D eigenvalue weighted by Crippen LogP contribution is -2.22. The first-order valence-electron chi connectivity index (χ1n) is 5.41. The van der Waals surface area contributed by atoms with Gasteiger partial charge >= 0.3 is 5.97 Å². The maximum atomic E-state index is 10.8. The summed E-state index contributed by atoms with van der Waals surface area (Å²) in [5.74, 6) is -0.476. The molecule has 0 aromatic carbocycles. The van der Waals surface area contributed by atoms with Gasteiger partial charge in [0.25, 0.3) is 0 Å². The number of aromatic nitrogens is 1. The summed E-state index contributed by atoms with van der Waals surface area (Å²) in [6, 6.07) is 5.09. The van der Waals surface area contributed by atoms with Gasteiger partial charge < -0.3 is 19.6 Å². The molecule has 1 unspecified atom stereocenters. The van der Waals surface area contributed by atoms with Crippen molar-refractivity contribution in [2.24, 2.45) is 0 Å². The Morgan fingerprint density at radius 3 is 2.94 bits per heavy atom. The molecule has 2 aromatic heterocycles. The van der Waals surface area contributed by atoms with Gasteiger partial charge in [0.15, 0.2) is 5.75 Å². The van der Waals surface area contributed by atoms with Crippen LogP contribution < -0.4 is 10.1 Å². The Hall–Kier alpha value is -2.50. The predicted molar refractivity (Wildman–Crippen MR) is 61.8 cm³/mol. The van der Waals surface area contributed by atoms with Crippen LogP contribution >= 0.6 is 0 Å². The van der Waals surface area contributed by atoms with E-state index in [0.717, 1.165) is 5.56 Å². The summed E-state index contributed by atoms with van der Waals surface area (Å²) in [5.41, 5.74) is 0.973. The lowest BCUT2D eigenvalue weighted by Gasteiger charge is -2.24. The van der Waals surface area contributed by atoms with E-state index in [2.05, 4.69) is 10.3 Å². The predicted octanol–water partition coefficient (Wildman–Crippen LogP) is 1.92. The number of hydrogen-bond donors (Lipinski definition) is 2. The molecule has 0 saturated heterocycles. The number of carboxylic acids is 1. The van der Waals surface area contributed by atoms with E-state index in [0.29, 0.717) is 18.2 Å². The van der Waals surface area contributed by atoms with Gasteiger partial charge in [0.1, 0.15) is 6.10 Å². The second-order valence-electron chi connectivity index (χ2n) is 3.88. The smallest absolute Gasteiger partial charge is 0.372 e. The fraction of sp³-hybridized carbons (Fsp3) is 0.167. The molecule has 1 aliphatic heterocycles. The zero-order valence-electron chi connectivity index (χ0n) is 9.29. The van der Waals surface area contributed by atoms with Crippen LogP contribution in [0.4, 0.5) is 5.88 Å². The Labute approximate surface area is 102 Å². The molecule has 3 heterocycles. The highest BCUT2D eigenvalue weighted by Crippen LogP contribution is 2.36. The molecule has 1 atom stereocenters. The van der Waals surface area contributed by atoms with Crippen molar-refractivity contribution >= 4 is 11.9 Å². The molecule has 0 spiro atoms. The Morgan fingerprint density at radius 1 is 1.44 bits per heavy atom. The van der Waals surface area contributed by atoms with Crippen LogP contribution in [0.5, 0.6) is 5.75 Å². The van der Waals surface area contributed by atoms with E-state index in [1.807, 2.05) is 12.1 Å². The molecule has 2 aromatic rings. The van der Waals surface area contributed by atoms with Crippen LogP contribution in [-0.2, 0) is 0 Å². The third-order valence-corrected chi connectivity index (χ3v) is 2.70. The minimum absolute atomic E-state index is 0.136. The Kier molecular flexibility index (Phi) is 2.40. The van der Waals surface area contributed by atoms with Gasteiger partial charge in [-0.15, -0.1) is 0 Å². The Morgan fingerprint density at radius 2 is 2.22 bits per heavy atom. The van der Waals surface area contributed by atoms with Gasteiger partial charge in [-0.05, 0) is 17.7 Å². The minimum atomic E-state index is -1.12. The zero-order valence-corrected chi connectivity index (χ0v) is 9.29. The van der Waals surface area contributed by atoms with Gasteiger partial charge in [0, 0.05) is 18.5 Å². The van der Waals surface area contributed by atoms with Gasteiger partial charge in [-0.3, -0.25) is 4.98 Å². The number of ether oxygens (including phenoxy) is 1. The number of pyridine rings is 1. The molecule has 18 heavy (non-hydrogen) atoms. The lowest BCUT2D eigenvalue weighted by molar-refractivity contribution is 0.0663. The fourth-order valence-corrected chi connectivity index (χ4v) is 1.83. The second-order valence-corrected chi connectivity index (χ2v) is 3.88. The summed E-state index contributed by atoms with van der Waals surface area (Å²) in [6.45, 7) is 0.517. The van der Waals surface area contributed by atoms with E-state index in [1.54, 1.807) is 12.4 Å². The quantitative estimate of drug-likeness (QED) is 0.842. The normalized spacial score (nSPS) is 17.4. The van der Waals surface area contributed by atoms with Crippen LogP contribution in [0.3, 0.4) is 0 Å². The van der Waals surface area contributed by atoms with Crippen molar-refractivity contribution in [1.82, 2.24) is 4.98 Å². The molecule has 0 bridgehead atoms. The topological polar surface area (TPSA) is 84.6 Å². The Bertz CT molecular complexity index is 579. The SMILES string of the molecule is O=C(O)c1cc2c(o1)NCC(c1ccncc1)O2. The van der Waals surface area contributed by atoms with Gasteiger partial charge in [0.05, 0.1) is 6.54 Å².